The van der Waals surface area contributed by atoms with Gasteiger partial charge in [-0.15, -0.1) is 0 Å². The molecule has 5 aromatic rings. The lowest BCUT2D eigenvalue weighted by molar-refractivity contribution is 0.102. The summed E-state index contributed by atoms with van der Waals surface area (Å²) in [5.41, 5.74) is 4.67. The van der Waals surface area contributed by atoms with Crippen LogP contribution in [-0.4, -0.2) is 49.8 Å². The summed E-state index contributed by atoms with van der Waals surface area (Å²) in [6.45, 7) is 0.573. The molecule has 1 amide bonds. The third kappa shape index (κ3) is 4.04. The van der Waals surface area contributed by atoms with Gasteiger partial charge >= 0.3 is 0 Å². The van der Waals surface area contributed by atoms with Crippen LogP contribution in [0.15, 0.2) is 73.3 Å². The normalized spacial score (nSPS) is 10.9. The van der Waals surface area contributed by atoms with Crippen LogP contribution in [-0.2, 0) is 6.54 Å². The van der Waals surface area contributed by atoms with Crippen LogP contribution in [0.2, 0.25) is 0 Å². The molecular weight excluding hydrogens is 432 g/mol. The standard InChI is InChI=1S/C24H22N8O2/c1-31(15-16-6-4-3-5-7-16)22-21(24(33)29-18-8-10-25-20(12-18)34-2)30-32-19(9-11-26-23(22)32)17-13-27-28-14-17/h3-14H,15H2,1-2H3,(H,27,28)(H,25,29,33). The average molecular weight is 454 g/mol. The number of aromatic nitrogens is 6. The summed E-state index contributed by atoms with van der Waals surface area (Å²) < 4.78 is 6.84. The maximum absolute atomic E-state index is 13.4. The van der Waals surface area contributed by atoms with Crippen molar-refractivity contribution in [1.82, 2.24) is 29.8 Å². The molecule has 0 aliphatic heterocycles. The van der Waals surface area contributed by atoms with Crippen LogP contribution >= 0.6 is 0 Å². The van der Waals surface area contributed by atoms with Crippen molar-refractivity contribution < 1.29 is 9.53 Å². The molecule has 170 valence electrons. The first-order valence-corrected chi connectivity index (χ1v) is 10.6. The number of benzene rings is 1. The molecule has 5 rings (SSSR count). The lowest BCUT2D eigenvalue weighted by Crippen LogP contribution is -2.21. The summed E-state index contributed by atoms with van der Waals surface area (Å²) in [7, 11) is 3.44. The monoisotopic (exact) mass is 454 g/mol. The molecule has 1 aromatic carbocycles. The molecule has 0 radical (unpaired) electrons. The second-order valence-electron chi connectivity index (χ2n) is 7.63. The molecule has 10 nitrogen and oxygen atoms in total. The second kappa shape index (κ2) is 9.02. The van der Waals surface area contributed by atoms with Gasteiger partial charge in [-0.25, -0.2) is 14.5 Å². The number of hydrogen-bond acceptors (Lipinski definition) is 7. The van der Waals surface area contributed by atoms with Crippen LogP contribution in [0.25, 0.3) is 16.9 Å². The van der Waals surface area contributed by atoms with E-state index in [1.807, 2.05) is 48.3 Å². The highest BCUT2D eigenvalue weighted by atomic mass is 16.5. The van der Waals surface area contributed by atoms with Crippen LogP contribution in [0.4, 0.5) is 11.4 Å². The van der Waals surface area contributed by atoms with Gasteiger partial charge in [0, 0.05) is 49.5 Å². The molecule has 4 aromatic heterocycles. The fourth-order valence-corrected chi connectivity index (χ4v) is 3.77. The largest absolute Gasteiger partial charge is 0.481 e. The fourth-order valence-electron chi connectivity index (χ4n) is 3.77. The Kier molecular flexibility index (Phi) is 5.61. The summed E-state index contributed by atoms with van der Waals surface area (Å²) in [5.74, 6) is 0.0324. The van der Waals surface area contributed by atoms with Gasteiger partial charge in [0.05, 0.1) is 19.0 Å². The molecule has 0 aliphatic rings. The van der Waals surface area contributed by atoms with Crippen LogP contribution in [0.1, 0.15) is 16.1 Å². The number of nitrogens with zero attached hydrogens (tertiary/aromatic N) is 6. The van der Waals surface area contributed by atoms with Gasteiger partial charge < -0.3 is 15.0 Å². The summed E-state index contributed by atoms with van der Waals surface area (Å²) in [6, 6.07) is 15.2. The summed E-state index contributed by atoms with van der Waals surface area (Å²) in [4.78, 5) is 24.1. The summed E-state index contributed by atoms with van der Waals surface area (Å²) >= 11 is 0. The molecule has 0 unspecified atom stereocenters. The Morgan fingerprint density at radius 2 is 1.97 bits per heavy atom. The number of fused-ring (bicyclic) bond motifs is 1. The van der Waals surface area contributed by atoms with Crippen molar-refractivity contribution in [2.24, 2.45) is 0 Å². The minimum absolute atomic E-state index is 0.248. The van der Waals surface area contributed by atoms with E-state index in [1.165, 1.54) is 7.11 Å². The van der Waals surface area contributed by atoms with Crippen molar-refractivity contribution in [2.45, 2.75) is 6.54 Å². The maximum atomic E-state index is 13.4. The Morgan fingerprint density at radius 3 is 2.74 bits per heavy atom. The van der Waals surface area contributed by atoms with E-state index in [0.717, 1.165) is 16.8 Å². The number of ether oxygens (including phenoxy) is 1. The molecule has 0 saturated heterocycles. The molecule has 2 N–H and O–H groups in total. The highest BCUT2D eigenvalue weighted by molar-refractivity contribution is 6.09. The van der Waals surface area contributed by atoms with Crippen molar-refractivity contribution in [2.75, 3.05) is 24.4 Å². The number of amides is 1. The van der Waals surface area contributed by atoms with Gasteiger partial charge in [-0.3, -0.25) is 9.89 Å². The minimum atomic E-state index is -0.369. The van der Waals surface area contributed by atoms with E-state index in [9.17, 15) is 4.79 Å². The molecule has 0 saturated carbocycles. The molecule has 0 spiro atoms. The number of anilines is 2. The molecule has 0 atom stereocenters. The zero-order valence-electron chi connectivity index (χ0n) is 18.6. The van der Waals surface area contributed by atoms with Gasteiger partial charge in [0.2, 0.25) is 5.88 Å². The lowest BCUT2D eigenvalue weighted by atomic mass is 10.2. The summed E-state index contributed by atoms with van der Waals surface area (Å²) in [5, 5.41) is 14.4. The molecule has 10 heteroatoms. The van der Waals surface area contributed by atoms with E-state index in [4.69, 9.17) is 4.74 Å². The Bertz CT molecular complexity index is 1430. The molecular formula is C24H22N8O2. The maximum Gasteiger partial charge on any atom is 0.278 e. The van der Waals surface area contributed by atoms with E-state index in [2.05, 4.69) is 30.6 Å². The van der Waals surface area contributed by atoms with Gasteiger partial charge in [0.25, 0.3) is 5.91 Å². The lowest BCUT2D eigenvalue weighted by Gasteiger charge is -2.19. The predicted octanol–water partition coefficient (Wildman–Crippen LogP) is 3.41. The highest BCUT2D eigenvalue weighted by Gasteiger charge is 2.25. The molecule has 34 heavy (non-hydrogen) atoms. The molecule has 4 heterocycles. The third-order valence-electron chi connectivity index (χ3n) is 5.35. The van der Waals surface area contributed by atoms with Crippen molar-refractivity contribution in [1.29, 1.82) is 0 Å². The number of hydrogen-bond donors (Lipinski definition) is 2. The van der Waals surface area contributed by atoms with Crippen molar-refractivity contribution in [3.8, 4) is 17.1 Å². The van der Waals surface area contributed by atoms with Crippen LogP contribution < -0.4 is 15.0 Å². The van der Waals surface area contributed by atoms with Crippen LogP contribution in [0, 0.1) is 0 Å². The Balaban J connectivity index is 1.60. The van der Waals surface area contributed by atoms with E-state index >= 15 is 0 Å². The van der Waals surface area contributed by atoms with Crippen LogP contribution in [0.3, 0.4) is 0 Å². The topological polar surface area (TPSA) is 113 Å². The zero-order valence-corrected chi connectivity index (χ0v) is 18.6. The van der Waals surface area contributed by atoms with Crippen LogP contribution in [0.5, 0.6) is 5.88 Å². The zero-order chi connectivity index (χ0) is 23.5. The Hall–Kier alpha value is -4.73. The van der Waals surface area contributed by atoms with Gasteiger partial charge in [-0.05, 0) is 17.7 Å². The SMILES string of the molecule is COc1cc(NC(=O)c2nn3c(-c4cn[nH]c4)ccnc3c2N(C)Cc2ccccc2)ccn1. The number of methoxy groups -OCH3 is 1. The van der Waals surface area contributed by atoms with E-state index in [1.54, 1.807) is 41.4 Å². The second-order valence-corrected chi connectivity index (χ2v) is 7.63. The highest BCUT2D eigenvalue weighted by Crippen LogP contribution is 2.30. The van der Waals surface area contributed by atoms with Gasteiger partial charge in [0.15, 0.2) is 11.3 Å². The van der Waals surface area contributed by atoms with Crippen molar-refractivity contribution in [3.63, 3.8) is 0 Å². The third-order valence-corrected chi connectivity index (χ3v) is 5.35. The van der Waals surface area contributed by atoms with E-state index < -0.39 is 0 Å². The number of carbonyl (C=O) groups excluding carboxylic acids is 1. The number of nitrogens with one attached hydrogen (secondary N) is 2. The first kappa shape index (κ1) is 21.1. The smallest absolute Gasteiger partial charge is 0.278 e. The number of rotatable bonds is 7. The van der Waals surface area contributed by atoms with Gasteiger partial charge in [-0.2, -0.15) is 10.2 Å². The number of pyridine rings is 1. The minimum Gasteiger partial charge on any atom is -0.481 e. The first-order valence-electron chi connectivity index (χ1n) is 10.6. The predicted molar refractivity (Wildman–Crippen MR) is 128 cm³/mol. The molecule has 0 aliphatic carbocycles. The van der Waals surface area contributed by atoms with Gasteiger partial charge in [-0.1, -0.05) is 30.3 Å². The molecule has 0 bridgehead atoms. The van der Waals surface area contributed by atoms with E-state index in [0.29, 0.717) is 29.4 Å². The number of carbonyl (C=O) groups is 1. The van der Waals surface area contributed by atoms with Crippen molar-refractivity contribution in [3.05, 3.63) is 84.6 Å². The van der Waals surface area contributed by atoms with Crippen molar-refractivity contribution >= 4 is 22.9 Å². The van der Waals surface area contributed by atoms with Gasteiger partial charge in [0.1, 0.15) is 5.69 Å². The fraction of sp³-hybridized carbons (Fsp3) is 0.125. The average Bonchev–Trinajstić information content (AvgIpc) is 3.53. The Morgan fingerprint density at radius 1 is 1.15 bits per heavy atom. The Labute approximate surface area is 195 Å². The number of aromatic amines is 1. The molecule has 0 fully saturated rings. The summed E-state index contributed by atoms with van der Waals surface area (Å²) in [6.07, 6.45) is 6.74. The quantitative estimate of drug-likeness (QED) is 0.387. The first-order chi connectivity index (χ1) is 16.6. The number of H-pyrrole nitrogens is 1. The van der Waals surface area contributed by atoms with E-state index in [-0.39, 0.29) is 11.6 Å².